The van der Waals surface area contributed by atoms with E-state index >= 15 is 0 Å². The molecule has 96 valence electrons. The van der Waals surface area contributed by atoms with Gasteiger partial charge < -0.3 is 14.8 Å². The molecule has 0 aliphatic carbocycles. The lowest BCUT2D eigenvalue weighted by atomic mass is 10.1. The van der Waals surface area contributed by atoms with Crippen LogP contribution in [0.3, 0.4) is 0 Å². The number of H-pyrrole nitrogens is 1. The van der Waals surface area contributed by atoms with Crippen molar-refractivity contribution in [2.24, 2.45) is 0 Å². The number of imidazole rings is 1. The van der Waals surface area contributed by atoms with Crippen LogP contribution in [0.2, 0.25) is 5.02 Å². The molecule has 2 N–H and O–H groups in total. The molecule has 0 unspecified atom stereocenters. The zero-order valence-electron chi connectivity index (χ0n) is 10.1. The molecular weight excluding hydrogens is 252 g/mol. The van der Waals surface area contributed by atoms with Crippen molar-refractivity contribution in [3.63, 3.8) is 0 Å². The topological polar surface area (TPSA) is 58.1 Å². The Labute approximate surface area is 111 Å². The first-order chi connectivity index (χ1) is 8.74. The number of rotatable bonds is 5. The van der Waals surface area contributed by atoms with Crippen LogP contribution < -0.4 is 4.74 Å². The SMILES string of the molecule is COc1ccc(-c2cnc(CCCO)[nH]2)c(Cl)c1. The van der Waals surface area contributed by atoms with E-state index in [0.29, 0.717) is 11.4 Å². The molecule has 0 bridgehead atoms. The van der Waals surface area contributed by atoms with Crippen molar-refractivity contribution >= 4 is 11.6 Å². The molecule has 1 aromatic carbocycles. The second kappa shape index (κ2) is 5.89. The second-order valence-electron chi connectivity index (χ2n) is 3.92. The van der Waals surface area contributed by atoms with Gasteiger partial charge in [-0.25, -0.2) is 4.98 Å². The van der Waals surface area contributed by atoms with E-state index in [1.807, 2.05) is 12.1 Å². The molecule has 0 aliphatic heterocycles. The van der Waals surface area contributed by atoms with Crippen molar-refractivity contribution < 1.29 is 9.84 Å². The molecule has 5 heteroatoms. The third kappa shape index (κ3) is 2.83. The predicted octanol–water partition coefficient (Wildman–Crippen LogP) is 2.66. The summed E-state index contributed by atoms with van der Waals surface area (Å²) in [6.07, 6.45) is 3.17. The number of benzene rings is 1. The predicted molar refractivity (Wildman–Crippen MR) is 71.0 cm³/mol. The lowest BCUT2D eigenvalue weighted by Crippen LogP contribution is -1.91. The number of halogens is 1. The Morgan fingerprint density at radius 2 is 2.28 bits per heavy atom. The van der Waals surface area contributed by atoms with Gasteiger partial charge in [0.15, 0.2) is 0 Å². The highest BCUT2D eigenvalue weighted by atomic mass is 35.5. The number of aromatic amines is 1. The molecule has 0 atom stereocenters. The van der Waals surface area contributed by atoms with E-state index in [2.05, 4.69) is 9.97 Å². The number of aliphatic hydroxyl groups is 1. The standard InChI is InChI=1S/C13H15ClN2O2/c1-18-9-4-5-10(11(14)7-9)12-8-15-13(16-12)3-2-6-17/h4-5,7-8,17H,2-3,6H2,1H3,(H,15,16). The maximum atomic E-state index is 8.78. The summed E-state index contributed by atoms with van der Waals surface area (Å²) in [6, 6.07) is 5.52. The largest absolute Gasteiger partial charge is 0.497 e. The van der Waals surface area contributed by atoms with Crippen LogP contribution in [-0.2, 0) is 6.42 Å². The van der Waals surface area contributed by atoms with Crippen molar-refractivity contribution in [1.82, 2.24) is 9.97 Å². The summed E-state index contributed by atoms with van der Waals surface area (Å²) in [6.45, 7) is 0.166. The molecule has 1 aromatic heterocycles. The molecule has 0 spiro atoms. The van der Waals surface area contributed by atoms with Gasteiger partial charge in [-0.15, -0.1) is 0 Å². The van der Waals surface area contributed by atoms with Crippen molar-refractivity contribution in [2.75, 3.05) is 13.7 Å². The zero-order valence-corrected chi connectivity index (χ0v) is 10.9. The van der Waals surface area contributed by atoms with Crippen molar-refractivity contribution in [2.45, 2.75) is 12.8 Å². The fourth-order valence-corrected chi connectivity index (χ4v) is 1.99. The molecule has 0 fully saturated rings. The Morgan fingerprint density at radius 1 is 1.44 bits per heavy atom. The average molecular weight is 267 g/mol. The fourth-order valence-electron chi connectivity index (χ4n) is 1.71. The Morgan fingerprint density at radius 3 is 2.94 bits per heavy atom. The number of ether oxygens (including phenoxy) is 1. The summed E-state index contributed by atoms with van der Waals surface area (Å²) in [4.78, 5) is 7.45. The van der Waals surface area contributed by atoms with Gasteiger partial charge in [-0.3, -0.25) is 0 Å². The van der Waals surface area contributed by atoms with Crippen LogP contribution in [0.1, 0.15) is 12.2 Å². The third-order valence-electron chi connectivity index (χ3n) is 2.67. The minimum atomic E-state index is 0.166. The van der Waals surface area contributed by atoms with Crippen LogP contribution in [0.4, 0.5) is 0 Å². The molecule has 0 amide bonds. The van der Waals surface area contributed by atoms with Crippen LogP contribution >= 0.6 is 11.6 Å². The van der Waals surface area contributed by atoms with Gasteiger partial charge in [0.2, 0.25) is 0 Å². The Bertz CT molecular complexity index is 525. The summed E-state index contributed by atoms with van der Waals surface area (Å²) < 4.78 is 5.11. The minimum absolute atomic E-state index is 0.166. The van der Waals surface area contributed by atoms with Gasteiger partial charge in [-0.2, -0.15) is 0 Å². The second-order valence-corrected chi connectivity index (χ2v) is 4.32. The van der Waals surface area contributed by atoms with Crippen LogP contribution in [0.15, 0.2) is 24.4 Å². The van der Waals surface area contributed by atoms with E-state index in [1.54, 1.807) is 19.4 Å². The maximum absolute atomic E-state index is 8.78. The normalized spacial score (nSPS) is 10.6. The molecular formula is C13H15ClN2O2. The molecule has 2 aromatic rings. The van der Waals surface area contributed by atoms with Crippen LogP contribution in [0, 0.1) is 0 Å². The summed E-state index contributed by atoms with van der Waals surface area (Å²) in [5.41, 5.74) is 1.76. The highest BCUT2D eigenvalue weighted by Crippen LogP contribution is 2.30. The summed E-state index contributed by atoms with van der Waals surface area (Å²) in [5, 5.41) is 9.39. The summed E-state index contributed by atoms with van der Waals surface area (Å²) >= 11 is 6.19. The number of aliphatic hydroxyl groups excluding tert-OH is 1. The van der Waals surface area contributed by atoms with E-state index in [-0.39, 0.29) is 6.61 Å². The van der Waals surface area contributed by atoms with E-state index in [0.717, 1.165) is 29.3 Å². The first kappa shape index (κ1) is 12.9. The minimum Gasteiger partial charge on any atom is -0.497 e. The van der Waals surface area contributed by atoms with Gasteiger partial charge in [0, 0.05) is 18.6 Å². The van der Waals surface area contributed by atoms with Crippen LogP contribution in [-0.4, -0.2) is 28.8 Å². The lowest BCUT2D eigenvalue weighted by molar-refractivity contribution is 0.287. The van der Waals surface area contributed by atoms with Gasteiger partial charge in [-0.1, -0.05) is 11.6 Å². The number of nitrogens with zero attached hydrogens (tertiary/aromatic N) is 1. The van der Waals surface area contributed by atoms with Gasteiger partial charge in [-0.05, 0) is 24.6 Å². The van der Waals surface area contributed by atoms with Gasteiger partial charge in [0.1, 0.15) is 11.6 Å². The first-order valence-corrected chi connectivity index (χ1v) is 6.11. The molecule has 4 nitrogen and oxygen atoms in total. The fraction of sp³-hybridized carbons (Fsp3) is 0.308. The molecule has 0 radical (unpaired) electrons. The van der Waals surface area contributed by atoms with E-state index in [1.165, 1.54) is 0 Å². The van der Waals surface area contributed by atoms with E-state index < -0.39 is 0 Å². The number of aromatic nitrogens is 2. The summed E-state index contributed by atoms with van der Waals surface area (Å²) in [7, 11) is 1.61. The maximum Gasteiger partial charge on any atom is 0.120 e. The first-order valence-electron chi connectivity index (χ1n) is 5.73. The Balaban J connectivity index is 2.23. The highest BCUT2D eigenvalue weighted by Gasteiger charge is 2.08. The van der Waals surface area contributed by atoms with Crippen molar-refractivity contribution in [3.8, 4) is 17.0 Å². The number of methoxy groups -OCH3 is 1. The van der Waals surface area contributed by atoms with Gasteiger partial charge in [0.05, 0.1) is 24.0 Å². The van der Waals surface area contributed by atoms with Crippen LogP contribution in [0.5, 0.6) is 5.75 Å². The number of hydrogen-bond acceptors (Lipinski definition) is 3. The molecule has 18 heavy (non-hydrogen) atoms. The molecule has 0 saturated carbocycles. The quantitative estimate of drug-likeness (QED) is 0.875. The van der Waals surface area contributed by atoms with Crippen molar-refractivity contribution in [3.05, 3.63) is 35.2 Å². The van der Waals surface area contributed by atoms with Gasteiger partial charge >= 0.3 is 0 Å². The van der Waals surface area contributed by atoms with Gasteiger partial charge in [0.25, 0.3) is 0 Å². The monoisotopic (exact) mass is 266 g/mol. The smallest absolute Gasteiger partial charge is 0.120 e. The van der Waals surface area contributed by atoms with E-state index in [9.17, 15) is 0 Å². The number of aryl methyl sites for hydroxylation is 1. The third-order valence-corrected chi connectivity index (χ3v) is 2.98. The highest BCUT2D eigenvalue weighted by molar-refractivity contribution is 6.33. The zero-order chi connectivity index (χ0) is 13.0. The lowest BCUT2D eigenvalue weighted by Gasteiger charge is -2.04. The van der Waals surface area contributed by atoms with Crippen LogP contribution in [0.25, 0.3) is 11.3 Å². The molecule has 1 heterocycles. The molecule has 0 aliphatic rings. The molecule has 2 rings (SSSR count). The Kier molecular flexibility index (Phi) is 4.23. The number of nitrogens with one attached hydrogen (secondary N) is 1. The van der Waals surface area contributed by atoms with E-state index in [4.69, 9.17) is 21.4 Å². The molecule has 0 saturated heterocycles. The summed E-state index contributed by atoms with van der Waals surface area (Å²) in [5.74, 6) is 1.58. The average Bonchev–Trinajstić information content (AvgIpc) is 2.84. The van der Waals surface area contributed by atoms with Crippen molar-refractivity contribution in [1.29, 1.82) is 0 Å². The number of hydrogen-bond donors (Lipinski definition) is 2. The Hall–Kier alpha value is -1.52.